The van der Waals surface area contributed by atoms with Gasteiger partial charge in [0.05, 0.1) is 6.61 Å². The number of rotatable bonds is 8. The zero-order valence-corrected chi connectivity index (χ0v) is 20.9. The van der Waals surface area contributed by atoms with Gasteiger partial charge < -0.3 is 14.4 Å². The first-order chi connectivity index (χ1) is 17.5. The number of aryl methyl sites for hydroxylation is 1. The number of anilines is 1. The second-order valence-corrected chi connectivity index (χ2v) is 10.1. The van der Waals surface area contributed by atoms with E-state index in [0.29, 0.717) is 23.7 Å². The standard InChI is InChI=1S/C22H25F3N6O5S/c1-3-35-19(32)9-8-16-15(2)28-21-26-14-27-31(21)20(16)29-10-12-30(13-11-29)37(33,34)18-7-5-4-6-17(18)36-22(23,24)25/h4-7,14H,3,8-13H2,1-2H3. The Morgan fingerprint density at radius 3 is 2.51 bits per heavy atom. The molecule has 3 heterocycles. The first-order valence-corrected chi connectivity index (χ1v) is 12.9. The minimum atomic E-state index is -5.04. The Kier molecular flexibility index (Phi) is 7.54. The Morgan fingerprint density at radius 1 is 1.14 bits per heavy atom. The zero-order chi connectivity index (χ0) is 26.8. The molecule has 1 aliphatic rings. The highest BCUT2D eigenvalue weighted by Crippen LogP contribution is 2.32. The number of alkyl halides is 3. The van der Waals surface area contributed by atoms with E-state index in [1.165, 1.54) is 23.0 Å². The van der Waals surface area contributed by atoms with Crippen molar-refractivity contribution in [2.45, 2.75) is 37.9 Å². The van der Waals surface area contributed by atoms with Crippen LogP contribution in [0.3, 0.4) is 0 Å². The highest BCUT2D eigenvalue weighted by atomic mass is 32.2. The molecule has 4 rings (SSSR count). The number of aromatic nitrogens is 4. The second-order valence-electron chi connectivity index (χ2n) is 8.16. The third-order valence-corrected chi connectivity index (χ3v) is 7.76. The normalized spacial score (nSPS) is 15.2. The first-order valence-electron chi connectivity index (χ1n) is 11.5. The topological polar surface area (TPSA) is 119 Å². The zero-order valence-electron chi connectivity index (χ0n) is 20.1. The highest BCUT2D eigenvalue weighted by Gasteiger charge is 2.37. The summed E-state index contributed by atoms with van der Waals surface area (Å²) in [6.07, 6.45) is -3.25. The number of sulfonamides is 1. The number of piperazine rings is 1. The van der Waals surface area contributed by atoms with Crippen LogP contribution >= 0.6 is 0 Å². The van der Waals surface area contributed by atoms with Gasteiger partial charge in [0.15, 0.2) is 0 Å². The molecule has 0 spiro atoms. The molecule has 1 saturated heterocycles. The molecule has 0 atom stereocenters. The summed E-state index contributed by atoms with van der Waals surface area (Å²) in [6.45, 7) is 4.20. The highest BCUT2D eigenvalue weighted by molar-refractivity contribution is 7.89. The molecule has 2 aromatic heterocycles. The third kappa shape index (κ3) is 5.77. The van der Waals surface area contributed by atoms with Gasteiger partial charge in [0, 0.05) is 43.9 Å². The Hall–Kier alpha value is -3.46. The number of carbonyl (C=O) groups is 1. The molecular weight excluding hydrogens is 517 g/mol. The Bertz CT molecular complexity index is 1390. The van der Waals surface area contributed by atoms with Gasteiger partial charge >= 0.3 is 12.3 Å². The van der Waals surface area contributed by atoms with E-state index in [1.807, 2.05) is 4.90 Å². The van der Waals surface area contributed by atoms with Gasteiger partial charge in [-0.15, -0.1) is 13.2 Å². The summed E-state index contributed by atoms with van der Waals surface area (Å²) in [4.78, 5) is 21.9. The van der Waals surface area contributed by atoms with Crippen LogP contribution in [-0.4, -0.2) is 77.4 Å². The van der Waals surface area contributed by atoms with Gasteiger partial charge in [0.2, 0.25) is 10.0 Å². The van der Waals surface area contributed by atoms with E-state index in [1.54, 1.807) is 13.8 Å². The van der Waals surface area contributed by atoms with E-state index >= 15 is 0 Å². The van der Waals surface area contributed by atoms with Gasteiger partial charge in [0.1, 0.15) is 22.8 Å². The fourth-order valence-corrected chi connectivity index (χ4v) is 5.73. The van der Waals surface area contributed by atoms with E-state index in [9.17, 15) is 26.4 Å². The smallest absolute Gasteiger partial charge is 0.466 e. The van der Waals surface area contributed by atoms with Gasteiger partial charge in [-0.25, -0.2) is 13.4 Å². The van der Waals surface area contributed by atoms with Crippen molar-refractivity contribution in [3.63, 3.8) is 0 Å². The van der Waals surface area contributed by atoms with E-state index in [4.69, 9.17) is 4.74 Å². The summed E-state index contributed by atoms with van der Waals surface area (Å²) in [6, 6.07) is 4.66. The number of hydrogen-bond acceptors (Lipinski definition) is 9. The van der Waals surface area contributed by atoms with Gasteiger partial charge in [-0.3, -0.25) is 4.79 Å². The molecule has 0 bridgehead atoms. The molecule has 0 N–H and O–H groups in total. The average molecular weight is 543 g/mol. The van der Waals surface area contributed by atoms with Crippen molar-refractivity contribution in [3.05, 3.63) is 41.9 Å². The van der Waals surface area contributed by atoms with Gasteiger partial charge in [-0.2, -0.15) is 18.9 Å². The Balaban J connectivity index is 1.59. The SMILES string of the molecule is CCOC(=O)CCc1c(C)nc2ncnn2c1N1CCN(S(=O)(=O)c2ccccc2OC(F)(F)F)CC1. The largest absolute Gasteiger partial charge is 0.573 e. The summed E-state index contributed by atoms with van der Waals surface area (Å²) in [5.41, 5.74) is 1.39. The van der Waals surface area contributed by atoms with Crippen molar-refractivity contribution in [2.75, 3.05) is 37.7 Å². The molecule has 37 heavy (non-hydrogen) atoms. The molecule has 15 heteroatoms. The summed E-state index contributed by atoms with van der Waals surface area (Å²) in [7, 11) is -4.28. The minimum absolute atomic E-state index is 0.00242. The molecule has 0 radical (unpaired) electrons. The van der Waals surface area contributed by atoms with Crippen LogP contribution in [0.15, 0.2) is 35.5 Å². The number of halogens is 3. The van der Waals surface area contributed by atoms with Crippen LogP contribution in [0.1, 0.15) is 24.6 Å². The average Bonchev–Trinajstić information content (AvgIpc) is 3.30. The predicted molar refractivity (Wildman–Crippen MR) is 125 cm³/mol. The predicted octanol–water partition coefficient (Wildman–Crippen LogP) is 2.34. The molecule has 0 unspecified atom stereocenters. The van der Waals surface area contributed by atoms with E-state index in [-0.39, 0.29) is 45.2 Å². The number of esters is 1. The Labute approximate surface area is 210 Å². The molecule has 200 valence electrons. The number of para-hydroxylation sites is 1. The number of hydrogen-bond donors (Lipinski definition) is 0. The van der Waals surface area contributed by atoms with Crippen LogP contribution in [0, 0.1) is 6.92 Å². The summed E-state index contributed by atoms with van der Waals surface area (Å²) in [5, 5.41) is 4.25. The van der Waals surface area contributed by atoms with Gasteiger partial charge in [-0.1, -0.05) is 12.1 Å². The van der Waals surface area contributed by atoms with Crippen LogP contribution in [0.4, 0.5) is 19.0 Å². The molecule has 1 aliphatic heterocycles. The quantitative estimate of drug-likeness (QED) is 0.395. The maximum atomic E-state index is 13.2. The van der Waals surface area contributed by atoms with Crippen LogP contribution in [0.2, 0.25) is 0 Å². The molecule has 1 aromatic carbocycles. The molecule has 0 amide bonds. The van der Waals surface area contributed by atoms with E-state index in [0.717, 1.165) is 22.0 Å². The van der Waals surface area contributed by atoms with Crippen LogP contribution < -0.4 is 9.64 Å². The van der Waals surface area contributed by atoms with Crippen LogP contribution in [0.25, 0.3) is 5.78 Å². The van der Waals surface area contributed by atoms with Crippen molar-refractivity contribution in [2.24, 2.45) is 0 Å². The Morgan fingerprint density at radius 2 is 1.84 bits per heavy atom. The van der Waals surface area contributed by atoms with Gasteiger partial charge in [-0.05, 0) is 32.4 Å². The van der Waals surface area contributed by atoms with Gasteiger partial charge in [0.25, 0.3) is 5.78 Å². The van der Waals surface area contributed by atoms with E-state index < -0.39 is 27.0 Å². The maximum Gasteiger partial charge on any atom is 0.573 e. The fourth-order valence-electron chi connectivity index (χ4n) is 4.20. The number of ether oxygens (including phenoxy) is 2. The first kappa shape index (κ1) is 26.6. The summed E-state index contributed by atoms with van der Waals surface area (Å²) in [5.74, 6) is -0.169. The van der Waals surface area contributed by atoms with Crippen molar-refractivity contribution in [3.8, 4) is 5.75 Å². The molecule has 11 nitrogen and oxygen atoms in total. The van der Waals surface area contributed by atoms with E-state index in [2.05, 4.69) is 19.8 Å². The lowest BCUT2D eigenvalue weighted by Gasteiger charge is -2.36. The number of benzene rings is 1. The number of carbonyl (C=O) groups excluding carboxylic acids is 1. The fraction of sp³-hybridized carbons (Fsp3) is 0.455. The lowest BCUT2D eigenvalue weighted by Crippen LogP contribution is -2.49. The summed E-state index contributed by atoms with van der Waals surface area (Å²) < 4.78 is 76.6. The van der Waals surface area contributed by atoms with Crippen LogP contribution in [0.5, 0.6) is 5.75 Å². The summed E-state index contributed by atoms with van der Waals surface area (Å²) >= 11 is 0. The lowest BCUT2D eigenvalue weighted by molar-refractivity contribution is -0.275. The molecule has 3 aromatic rings. The molecule has 1 fully saturated rings. The van der Waals surface area contributed by atoms with Crippen molar-refractivity contribution >= 4 is 27.6 Å². The maximum absolute atomic E-state index is 13.2. The lowest BCUT2D eigenvalue weighted by atomic mass is 10.1. The van der Waals surface area contributed by atoms with Crippen molar-refractivity contribution in [1.29, 1.82) is 0 Å². The van der Waals surface area contributed by atoms with Crippen molar-refractivity contribution < 1.29 is 35.9 Å². The molecule has 0 saturated carbocycles. The number of nitrogens with zero attached hydrogens (tertiary/aromatic N) is 6. The van der Waals surface area contributed by atoms with Crippen LogP contribution in [-0.2, 0) is 26.0 Å². The molecule has 0 aliphatic carbocycles. The monoisotopic (exact) mass is 542 g/mol. The second kappa shape index (κ2) is 10.5. The minimum Gasteiger partial charge on any atom is -0.466 e. The molecular formula is C22H25F3N6O5S. The van der Waals surface area contributed by atoms with Crippen molar-refractivity contribution in [1.82, 2.24) is 23.9 Å². The number of fused-ring (bicyclic) bond motifs is 1. The third-order valence-electron chi connectivity index (χ3n) is 5.82.